The van der Waals surface area contributed by atoms with Crippen LogP contribution in [0.25, 0.3) is 0 Å². The van der Waals surface area contributed by atoms with E-state index in [0.29, 0.717) is 0 Å². The Morgan fingerprint density at radius 1 is 1.40 bits per heavy atom. The molecule has 0 heterocycles. The molecule has 0 unspecified atom stereocenters. The predicted octanol–water partition coefficient (Wildman–Crippen LogP) is 2.24. The average Bonchev–Trinajstić information content (AvgIpc) is 1.89. The Kier molecular flexibility index (Phi) is 5.54. The molecule has 0 rings (SSSR count). The minimum absolute atomic E-state index is 0.861. The predicted molar refractivity (Wildman–Crippen MR) is 46.8 cm³/mol. The highest BCUT2D eigenvalue weighted by molar-refractivity contribution is 5.11. The molecular weight excluding hydrogens is 122 g/mol. The van der Waals surface area contributed by atoms with Gasteiger partial charge in [-0.15, -0.1) is 0 Å². The zero-order valence-electron chi connectivity index (χ0n) is 6.72. The zero-order valence-corrected chi connectivity index (χ0v) is 6.72. The van der Waals surface area contributed by atoms with Gasteiger partial charge >= 0.3 is 0 Å². The van der Waals surface area contributed by atoms with Gasteiger partial charge in [-0.25, -0.2) is 0 Å². The molecule has 0 aromatic rings. The average molecular weight is 137 g/mol. The molecule has 10 heavy (non-hydrogen) atoms. The monoisotopic (exact) mass is 137 g/mol. The fraction of sp³-hybridized carbons (Fsp3) is 0.333. The zero-order chi connectivity index (χ0) is 7.82. The van der Waals surface area contributed by atoms with Crippen molar-refractivity contribution in [2.45, 2.75) is 13.8 Å². The summed E-state index contributed by atoms with van der Waals surface area (Å²) in [6.07, 6.45) is 7.97. The molecule has 0 atom stereocenters. The summed E-state index contributed by atoms with van der Waals surface area (Å²) in [7, 11) is 0. The van der Waals surface area contributed by atoms with Crippen molar-refractivity contribution < 1.29 is 0 Å². The first-order valence-electron chi connectivity index (χ1n) is 3.48. The van der Waals surface area contributed by atoms with Crippen LogP contribution in [0.2, 0.25) is 0 Å². The van der Waals surface area contributed by atoms with Gasteiger partial charge in [-0.2, -0.15) is 0 Å². The van der Waals surface area contributed by atoms with Crippen molar-refractivity contribution in [1.82, 2.24) is 5.32 Å². The van der Waals surface area contributed by atoms with E-state index in [9.17, 15) is 0 Å². The van der Waals surface area contributed by atoms with Crippen LogP contribution >= 0.6 is 0 Å². The minimum atomic E-state index is 0.861. The Bertz CT molecular complexity index is 143. The van der Waals surface area contributed by atoms with Gasteiger partial charge in [0.1, 0.15) is 0 Å². The van der Waals surface area contributed by atoms with E-state index in [4.69, 9.17) is 0 Å². The van der Waals surface area contributed by atoms with Gasteiger partial charge in [0.25, 0.3) is 0 Å². The second-order valence-electron chi connectivity index (χ2n) is 1.98. The molecule has 1 heteroatoms. The van der Waals surface area contributed by atoms with Crippen molar-refractivity contribution in [1.29, 1.82) is 0 Å². The maximum Gasteiger partial charge on any atom is 0.0330 e. The third kappa shape index (κ3) is 5.16. The fourth-order valence-corrected chi connectivity index (χ4v) is 0.568. The Labute approximate surface area is 63.1 Å². The lowest BCUT2D eigenvalue weighted by Crippen LogP contribution is -2.09. The summed E-state index contributed by atoms with van der Waals surface area (Å²) >= 11 is 0. The molecule has 0 radical (unpaired) electrons. The normalized spacial score (nSPS) is 11.0. The van der Waals surface area contributed by atoms with Crippen LogP contribution in [0.15, 0.2) is 36.6 Å². The topological polar surface area (TPSA) is 12.0 Å². The number of allylic oxidation sites excluding steroid dienone is 3. The highest BCUT2D eigenvalue weighted by Crippen LogP contribution is 1.85. The van der Waals surface area contributed by atoms with E-state index >= 15 is 0 Å². The summed E-state index contributed by atoms with van der Waals surface area (Å²) in [5.41, 5.74) is 0.959. The van der Waals surface area contributed by atoms with Gasteiger partial charge in [0, 0.05) is 12.2 Å². The van der Waals surface area contributed by atoms with Gasteiger partial charge in [-0.05, 0) is 19.9 Å². The number of rotatable bonds is 4. The standard InChI is InChI=1S/C9H15N/c1-4-6-8-10-9(3)7-5-2/h4-7,10H,3,8H2,1-2H3. The lowest BCUT2D eigenvalue weighted by atomic mass is 10.4. The summed E-state index contributed by atoms with van der Waals surface area (Å²) in [6, 6.07) is 0. The van der Waals surface area contributed by atoms with Gasteiger partial charge in [-0.3, -0.25) is 0 Å². The summed E-state index contributed by atoms with van der Waals surface area (Å²) in [5.74, 6) is 0. The van der Waals surface area contributed by atoms with Crippen LogP contribution in [-0.2, 0) is 0 Å². The van der Waals surface area contributed by atoms with Gasteiger partial charge in [0.05, 0.1) is 0 Å². The lowest BCUT2D eigenvalue weighted by molar-refractivity contribution is 0.938. The van der Waals surface area contributed by atoms with E-state index < -0.39 is 0 Å². The minimum Gasteiger partial charge on any atom is -0.382 e. The highest BCUT2D eigenvalue weighted by Gasteiger charge is 1.79. The van der Waals surface area contributed by atoms with Crippen molar-refractivity contribution in [3.63, 3.8) is 0 Å². The van der Waals surface area contributed by atoms with E-state index in [0.717, 1.165) is 12.2 Å². The Morgan fingerprint density at radius 3 is 2.60 bits per heavy atom. The fourth-order valence-electron chi connectivity index (χ4n) is 0.568. The van der Waals surface area contributed by atoms with Crippen molar-refractivity contribution >= 4 is 0 Å². The summed E-state index contributed by atoms with van der Waals surface area (Å²) < 4.78 is 0. The summed E-state index contributed by atoms with van der Waals surface area (Å²) in [6.45, 7) is 8.62. The first-order valence-corrected chi connectivity index (χ1v) is 3.48. The molecule has 0 aliphatic heterocycles. The second-order valence-corrected chi connectivity index (χ2v) is 1.98. The third-order valence-corrected chi connectivity index (χ3v) is 1.05. The molecule has 0 aliphatic rings. The van der Waals surface area contributed by atoms with Gasteiger partial charge in [0.15, 0.2) is 0 Å². The van der Waals surface area contributed by atoms with Crippen LogP contribution in [0.4, 0.5) is 0 Å². The first-order chi connectivity index (χ1) is 4.81. The largest absolute Gasteiger partial charge is 0.382 e. The van der Waals surface area contributed by atoms with Gasteiger partial charge in [0.2, 0.25) is 0 Å². The molecule has 1 N–H and O–H groups in total. The van der Waals surface area contributed by atoms with Crippen molar-refractivity contribution in [2.75, 3.05) is 6.54 Å². The summed E-state index contributed by atoms with van der Waals surface area (Å²) in [5, 5.41) is 3.12. The molecule has 0 saturated heterocycles. The number of hydrogen-bond donors (Lipinski definition) is 1. The smallest absolute Gasteiger partial charge is 0.0330 e. The highest BCUT2D eigenvalue weighted by atomic mass is 14.9. The van der Waals surface area contributed by atoms with Crippen LogP contribution in [0, 0.1) is 0 Å². The van der Waals surface area contributed by atoms with E-state index in [1.807, 2.05) is 32.1 Å². The molecule has 0 saturated carbocycles. The lowest BCUT2D eigenvalue weighted by Gasteiger charge is -1.99. The molecular formula is C9H15N. The molecule has 0 aromatic heterocycles. The molecule has 0 amide bonds. The molecule has 56 valence electrons. The Hall–Kier alpha value is -0.980. The van der Waals surface area contributed by atoms with Gasteiger partial charge in [-0.1, -0.05) is 24.8 Å². The first kappa shape index (κ1) is 9.02. The van der Waals surface area contributed by atoms with Crippen molar-refractivity contribution in [3.05, 3.63) is 36.6 Å². The Morgan fingerprint density at radius 2 is 2.10 bits per heavy atom. The van der Waals surface area contributed by atoms with Gasteiger partial charge < -0.3 is 5.32 Å². The van der Waals surface area contributed by atoms with Crippen LogP contribution in [0.5, 0.6) is 0 Å². The van der Waals surface area contributed by atoms with E-state index in [-0.39, 0.29) is 0 Å². The van der Waals surface area contributed by atoms with Crippen LogP contribution in [0.1, 0.15) is 13.8 Å². The Balaban J connectivity index is 3.40. The molecule has 0 fully saturated rings. The van der Waals surface area contributed by atoms with Crippen LogP contribution in [-0.4, -0.2) is 6.54 Å². The molecule has 0 spiro atoms. The van der Waals surface area contributed by atoms with Crippen LogP contribution < -0.4 is 5.32 Å². The molecule has 1 nitrogen and oxygen atoms in total. The molecule has 0 aliphatic carbocycles. The third-order valence-electron chi connectivity index (χ3n) is 1.05. The quantitative estimate of drug-likeness (QED) is 0.463. The number of hydrogen-bond acceptors (Lipinski definition) is 1. The second kappa shape index (κ2) is 6.14. The van der Waals surface area contributed by atoms with Crippen LogP contribution in [0.3, 0.4) is 0 Å². The summed E-state index contributed by atoms with van der Waals surface area (Å²) in [4.78, 5) is 0. The van der Waals surface area contributed by atoms with E-state index in [2.05, 4.69) is 18.0 Å². The van der Waals surface area contributed by atoms with Crippen molar-refractivity contribution in [2.24, 2.45) is 0 Å². The molecule has 0 bridgehead atoms. The SMILES string of the molecule is C=C(C=CC)NCC=CC. The molecule has 0 aromatic carbocycles. The van der Waals surface area contributed by atoms with E-state index in [1.165, 1.54) is 0 Å². The maximum atomic E-state index is 3.78. The van der Waals surface area contributed by atoms with Crippen molar-refractivity contribution in [3.8, 4) is 0 Å². The van der Waals surface area contributed by atoms with E-state index in [1.54, 1.807) is 0 Å². The maximum absolute atomic E-state index is 3.78. The number of nitrogens with one attached hydrogen (secondary N) is 1.